The van der Waals surface area contributed by atoms with E-state index in [0.717, 1.165) is 37.8 Å². The summed E-state index contributed by atoms with van der Waals surface area (Å²) in [7, 11) is -1.17. The molecular weight excluding hydrogens is 515 g/mol. The number of nitrogens with zero attached hydrogens (tertiary/aromatic N) is 2. The highest BCUT2D eigenvalue weighted by Crippen LogP contribution is 2.27. The Morgan fingerprint density at radius 3 is 2.50 bits per heavy atom. The largest absolute Gasteiger partial charge is 0.497 e. The molecule has 2 saturated heterocycles. The van der Waals surface area contributed by atoms with Gasteiger partial charge in [-0.25, -0.2) is 8.42 Å². The number of sulfone groups is 1. The molecule has 0 radical (unpaired) electrons. The highest BCUT2D eigenvalue weighted by atomic mass is 127. The fraction of sp³-hybridized carbons (Fsp3) is 0.667. The second kappa shape index (κ2) is 12.1. The molecule has 7 nitrogen and oxygen atoms in total. The van der Waals surface area contributed by atoms with Crippen LogP contribution in [0.3, 0.4) is 0 Å². The van der Waals surface area contributed by atoms with E-state index in [1.165, 1.54) is 18.4 Å². The van der Waals surface area contributed by atoms with Crippen LogP contribution in [0.25, 0.3) is 0 Å². The number of rotatable bonds is 8. The molecule has 2 N–H and O–H groups in total. The van der Waals surface area contributed by atoms with Gasteiger partial charge in [0.25, 0.3) is 0 Å². The van der Waals surface area contributed by atoms with Crippen LogP contribution in [0.5, 0.6) is 5.75 Å². The first-order valence-corrected chi connectivity index (χ1v) is 12.4. The number of benzene rings is 1. The smallest absolute Gasteiger partial charge is 0.191 e. The van der Waals surface area contributed by atoms with Gasteiger partial charge in [0.1, 0.15) is 5.75 Å². The topological polar surface area (TPSA) is 83.0 Å². The van der Waals surface area contributed by atoms with Gasteiger partial charge in [-0.05, 0) is 62.9 Å². The number of likely N-dealkylation sites (tertiary alicyclic amines) is 1. The van der Waals surface area contributed by atoms with Gasteiger partial charge in [0.05, 0.1) is 31.2 Å². The van der Waals surface area contributed by atoms with Gasteiger partial charge in [0, 0.05) is 13.1 Å². The summed E-state index contributed by atoms with van der Waals surface area (Å²) >= 11 is 0. The zero-order valence-electron chi connectivity index (χ0n) is 18.0. The average Bonchev–Trinajstić information content (AvgIpc) is 3.36. The van der Waals surface area contributed by atoms with Gasteiger partial charge in [0.15, 0.2) is 15.8 Å². The van der Waals surface area contributed by atoms with E-state index < -0.39 is 9.84 Å². The molecule has 3 rings (SSSR count). The Morgan fingerprint density at radius 1 is 1.23 bits per heavy atom. The first kappa shape index (κ1) is 25.2. The summed E-state index contributed by atoms with van der Waals surface area (Å²) < 4.78 is 28.7. The molecule has 30 heavy (non-hydrogen) atoms. The van der Waals surface area contributed by atoms with E-state index >= 15 is 0 Å². The minimum absolute atomic E-state index is 0. The van der Waals surface area contributed by atoms with Gasteiger partial charge in [-0.15, -0.1) is 24.0 Å². The number of halogens is 1. The Balaban J connectivity index is 0.00000320. The normalized spacial score (nSPS) is 22.3. The second-order valence-electron chi connectivity index (χ2n) is 7.90. The van der Waals surface area contributed by atoms with Crippen LogP contribution in [0.1, 0.15) is 37.8 Å². The lowest BCUT2D eigenvalue weighted by atomic mass is 10.1. The van der Waals surface area contributed by atoms with Crippen LogP contribution >= 0.6 is 24.0 Å². The molecule has 2 heterocycles. The van der Waals surface area contributed by atoms with Gasteiger partial charge < -0.3 is 15.4 Å². The molecule has 2 aliphatic rings. The second-order valence-corrected chi connectivity index (χ2v) is 10.1. The molecule has 170 valence electrons. The molecule has 2 aliphatic heterocycles. The van der Waals surface area contributed by atoms with Gasteiger partial charge in [0.2, 0.25) is 0 Å². The number of aliphatic imine (C=N–C) groups is 1. The highest BCUT2D eigenvalue weighted by molar-refractivity contribution is 14.0. The average molecular weight is 551 g/mol. The predicted octanol–water partition coefficient (Wildman–Crippen LogP) is 2.44. The molecular formula is C21H35IN4O3S. The number of hydrogen-bond donors (Lipinski definition) is 2. The van der Waals surface area contributed by atoms with Crippen molar-refractivity contribution in [1.82, 2.24) is 15.5 Å². The summed E-state index contributed by atoms with van der Waals surface area (Å²) in [6, 6.07) is 8.49. The summed E-state index contributed by atoms with van der Waals surface area (Å²) in [5.41, 5.74) is 1.24. The van der Waals surface area contributed by atoms with Crippen molar-refractivity contribution in [1.29, 1.82) is 0 Å². The molecule has 0 spiro atoms. The standard InChI is InChI=1S/C21H34N4O3S.HI/c1-3-22-21(23-14-17-10-13-29(26,27)16-17)24-15-20(25-11-4-5-12-25)18-6-8-19(28-2)9-7-18;/h6-9,17,20H,3-5,10-16H2,1-2H3,(H2,22,23,24);1H. The quantitative estimate of drug-likeness (QED) is 0.294. The maximum Gasteiger partial charge on any atom is 0.191 e. The summed E-state index contributed by atoms with van der Waals surface area (Å²) in [5, 5.41) is 6.65. The van der Waals surface area contributed by atoms with Crippen molar-refractivity contribution in [2.45, 2.75) is 32.2 Å². The zero-order valence-corrected chi connectivity index (χ0v) is 21.1. The molecule has 2 unspecified atom stereocenters. The molecule has 1 aromatic carbocycles. The van der Waals surface area contributed by atoms with E-state index in [0.29, 0.717) is 18.8 Å². The van der Waals surface area contributed by atoms with Gasteiger partial charge in [-0.2, -0.15) is 0 Å². The summed E-state index contributed by atoms with van der Waals surface area (Å²) in [5.74, 6) is 2.37. The number of methoxy groups -OCH3 is 1. The summed E-state index contributed by atoms with van der Waals surface area (Å²) in [6.07, 6.45) is 3.19. The van der Waals surface area contributed by atoms with Crippen LogP contribution in [-0.4, -0.2) is 70.6 Å². The SMILES string of the molecule is CCNC(=NCC(c1ccc(OC)cc1)N1CCCC1)NCC1CCS(=O)(=O)C1.I. The van der Waals surface area contributed by atoms with Crippen molar-refractivity contribution in [3.8, 4) is 5.75 Å². The number of hydrogen-bond acceptors (Lipinski definition) is 5. The Labute approximate surface area is 198 Å². The maximum absolute atomic E-state index is 11.7. The number of ether oxygens (including phenoxy) is 1. The number of guanidine groups is 1. The first-order chi connectivity index (χ1) is 14.0. The van der Waals surface area contributed by atoms with Crippen LogP contribution in [0, 0.1) is 5.92 Å². The van der Waals surface area contributed by atoms with Crippen LogP contribution < -0.4 is 15.4 Å². The highest BCUT2D eigenvalue weighted by Gasteiger charge is 2.28. The number of nitrogens with one attached hydrogen (secondary N) is 2. The van der Waals surface area contributed by atoms with Crippen LogP contribution in [0.15, 0.2) is 29.3 Å². The van der Waals surface area contributed by atoms with Crippen molar-refractivity contribution in [3.63, 3.8) is 0 Å². The van der Waals surface area contributed by atoms with Gasteiger partial charge in [-0.3, -0.25) is 9.89 Å². The lowest BCUT2D eigenvalue weighted by Crippen LogP contribution is -2.40. The van der Waals surface area contributed by atoms with Crippen LogP contribution in [0.2, 0.25) is 0 Å². The zero-order chi connectivity index (χ0) is 20.7. The lowest BCUT2D eigenvalue weighted by molar-refractivity contribution is 0.251. The van der Waals surface area contributed by atoms with Crippen molar-refractivity contribution in [2.24, 2.45) is 10.9 Å². The third-order valence-corrected chi connectivity index (χ3v) is 7.57. The molecule has 9 heteroatoms. The maximum atomic E-state index is 11.7. The predicted molar refractivity (Wildman–Crippen MR) is 133 cm³/mol. The molecule has 2 fully saturated rings. The van der Waals surface area contributed by atoms with E-state index in [1.807, 2.05) is 19.1 Å². The Bertz CT molecular complexity index is 780. The van der Waals surface area contributed by atoms with Crippen molar-refractivity contribution >= 4 is 39.8 Å². The van der Waals surface area contributed by atoms with Gasteiger partial charge in [-0.1, -0.05) is 12.1 Å². The van der Waals surface area contributed by atoms with Crippen molar-refractivity contribution < 1.29 is 13.2 Å². The minimum Gasteiger partial charge on any atom is -0.497 e. The van der Waals surface area contributed by atoms with E-state index in [4.69, 9.17) is 9.73 Å². The third kappa shape index (κ3) is 7.26. The molecule has 0 bridgehead atoms. The van der Waals surface area contributed by atoms with Crippen molar-refractivity contribution in [3.05, 3.63) is 29.8 Å². The van der Waals surface area contributed by atoms with Crippen LogP contribution in [-0.2, 0) is 9.84 Å². The summed E-state index contributed by atoms with van der Waals surface area (Å²) in [4.78, 5) is 7.35. The monoisotopic (exact) mass is 550 g/mol. The molecule has 1 aromatic rings. The van der Waals surface area contributed by atoms with Crippen molar-refractivity contribution in [2.75, 3.05) is 51.3 Å². The minimum atomic E-state index is -2.85. The third-order valence-electron chi connectivity index (χ3n) is 5.73. The molecule has 0 aliphatic carbocycles. The Hall–Kier alpha value is -1.07. The van der Waals surface area contributed by atoms with E-state index in [9.17, 15) is 8.42 Å². The van der Waals surface area contributed by atoms with E-state index in [-0.39, 0.29) is 41.7 Å². The van der Waals surface area contributed by atoms with Crippen LogP contribution in [0.4, 0.5) is 0 Å². The lowest BCUT2D eigenvalue weighted by Gasteiger charge is -2.27. The molecule has 2 atom stereocenters. The van der Waals surface area contributed by atoms with E-state index in [1.54, 1.807) is 7.11 Å². The molecule has 0 amide bonds. The fourth-order valence-electron chi connectivity index (χ4n) is 4.10. The molecule has 0 saturated carbocycles. The Kier molecular flexibility index (Phi) is 10.2. The Morgan fingerprint density at radius 2 is 1.93 bits per heavy atom. The first-order valence-electron chi connectivity index (χ1n) is 10.6. The van der Waals surface area contributed by atoms with Gasteiger partial charge >= 0.3 is 0 Å². The fourth-order valence-corrected chi connectivity index (χ4v) is 5.97. The molecule has 0 aromatic heterocycles. The van der Waals surface area contributed by atoms with E-state index in [2.05, 4.69) is 27.7 Å². The summed E-state index contributed by atoms with van der Waals surface area (Å²) in [6.45, 7) is 6.29.